The number of hydrogen-bond acceptors (Lipinski definition) is 5. The molecule has 0 aliphatic heterocycles. The van der Waals surface area contributed by atoms with E-state index in [9.17, 15) is 31.1 Å². The normalized spacial score (nSPS) is 11.8. The van der Waals surface area contributed by atoms with Gasteiger partial charge in [-0.3, -0.25) is 9.89 Å². The molecule has 188 valence electrons. The zero-order valence-corrected chi connectivity index (χ0v) is 18.5. The number of benzene rings is 2. The Hall–Kier alpha value is -3.90. The Bertz CT molecular complexity index is 1160. The lowest BCUT2D eigenvalue weighted by molar-refractivity contribution is -0.143. The van der Waals surface area contributed by atoms with Crippen molar-refractivity contribution in [2.45, 2.75) is 18.9 Å². The van der Waals surface area contributed by atoms with Gasteiger partial charge in [0.1, 0.15) is 5.69 Å². The van der Waals surface area contributed by atoms with Crippen LogP contribution in [0.3, 0.4) is 0 Å². The third-order valence-electron chi connectivity index (χ3n) is 4.88. The van der Waals surface area contributed by atoms with Crippen LogP contribution in [0, 0.1) is 0 Å². The van der Waals surface area contributed by atoms with E-state index in [1.165, 1.54) is 27.4 Å². The molecule has 0 atom stereocenters. The van der Waals surface area contributed by atoms with Crippen molar-refractivity contribution in [2.75, 3.05) is 21.3 Å². The van der Waals surface area contributed by atoms with Gasteiger partial charge in [-0.1, -0.05) is 0 Å². The van der Waals surface area contributed by atoms with Gasteiger partial charge in [0.15, 0.2) is 11.5 Å². The highest BCUT2D eigenvalue weighted by Gasteiger charge is 2.36. The molecule has 0 aliphatic carbocycles. The Morgan fingerprint density at radius 1 is 0.857 bits per heavy atom. The molecule has 1 amide bonds. The van der Waals surface area contributed by atoms with Crippen molar-refractivity contribution in [1.82, 2.24) is 15.5 Å². The number of carbonyl (C=O) groups is 1. The summed E-state index contributed by atoms with van der Waals surface area (Å²) in [4.78, 5) is 12.5. The summed E-state index contributed by atoms with van der Waals surface area (Å²) < 4.78 is 93.9. The maximum Gasteiger partial charge on any atom is 0.416 e. The molecule has 0 saturated heterocycles. The Morgan fingerprint density at radius 2 is 1.40 bits per heavy atom. The Morgan fingerprint density at radius 3 is 1.86 bits per heavy atom. The summed E-state index contributed by atoms with van der Waals surface area (Å²) in [6.45, 7) is -0.579. The van der Waals surface area contributed by atoms with Gasteiger partial charge in [-0.25, -0.2) is 0 Å². The second-order valence-corrected chi connectivity index (χ2v) is 7.18. The van der Waals surface area contributed by atoms with Gasteiger partial charge < -0.3 is 19.5 Å². The van der Waals surface area contributed by atoms with E-state index < -0.39 is 35.9 Å². The van der Waals surface area contributed by atoms with Crippen molar-refractivity contribution in [3.05, 3.63) is 58.8 Å². The minimum absolute atomic E-state index is 0.0178. The SMILES string of the molecule is COc1cc(-c2cc(C(=O)NCc3cc(C(F)(F)F)cc(C(F)(F)F)c3)[nH]n2)cc(OC)c1OC. The monoisotopic (exact) mass is 503 g/mol. The molecule has 7 nitrogen and oxygen atoms in total. The molecule has 1 aromatic heterocycles. The predicted octanol–water partition coefficient (Wildman–Crippen LogP) is 5.07. The van der Waals surface area contributed by atoms with Crippen molar-refractivity contribution in [3.63, 3.8) is 0 Å². The number of H-pyrrole nitrogens is 1. The molecule has 2 N–H and O–H groups in total. The van der Waals surface area contributed by atoms with E-state index in [2.05, 4.69) is 15.5 Å². The van der Waals surface area contributed by atoms with Crippen molar-refractivity contribution in [1.29, 1.82) is 0 Å². The number of ether oxygens (including phenoxy) is 3. The smallest absolute Gasteiger partial charge is 0.416 e. The third kappa shape index (κ3) is 5.78. The summed E-state index contributed by atoms with van der Waals surface area (Å²) in [7, 11) is 4.27. The van der Waals surface area contributed by atoms with Gasteiger partial charge in [0.25, 0.3) is 5.91 Å². The molecule has 13 heteroatoms. The van der Waals surface area contributed by atoms with Crippen LogP contribution in [-0.2, 0) is 18.9 Å². The number of rotatable bonds is 7. The van der Waals surface area contributed by atoms with Crippen molar-refractivity contribution in [2.24, 2.45) is 0 Å². The summed E-state index contributed by atoms with van der Waals surface area (Å²) in [6, 6.07) is 5.63. The molecular formula is C22H19F6N3O4. The quantitative estimate of drug-likeness (QED) is 0.440. The van der Waals surface area contributed by atoms with Crippen LogP contribution in [0.25, 0.3) is 11.3 Å². The van der Waals surface area contributed by atoms with Gasteiger partial charge in [-0.05, 0) is 42.0 Å². The lowest BCUT2D eigenvalue weighted by Gasteiger charge is -2.14. The van der Waals surface area contributed by atoms with Crippen molar-refractivity contribution < 1.29 is 45.3 Å². The van der Waals surface area contributed by atoms with Gasteiger partial charge in [0.05, 0.1) is 38.2 Å². The fraction of sp³-hybridized carbons (Fsp3) is 0.273. The third-order valence-corrected chi connectivity index (χ3v) is 4.88. The molecule has 0 fully saturated rings. The molecule has 2 aromatic carbocycles. The molecular weight excluding hydrogens is 484 g/mol. The van der Waals surface area contributed by atoms with Gasteiger partial charge in [-0.15, -0.1) is 0 Å². The summed E-state index contributed by atoms with van der Waals surface area (Å²) in [5.74, 6) is 0.218. The Kier molecular flexibility index (Phi) is 7.17. The van der Waals surface area contributed by atoms with Crippen molar-refractivity contribution >= 4 is 5.91 Å². The van der Waals surface area contributed by atoms with Crippen LogP contribution in [0.4, 0.5) is 26.3 Å². The molecule has 0 bridgehead atoms. The molecule has 0 aliphatic rings. The molecule has 3 aromatic rings. The fourth-order valence-electron chi connectivity index (χ4n) is 3.21. The predicted molar refractivity (Wildman–Crippen MR) is 111 cm³/mol. The minimum Gasteiger partial charge on any atom is -0.493 e. The largest absolute Gasteiger partial charge is 0.493 e. The van der Waals surface area contributed by atoms with E-state index in [1.54, 1.807) is 12.1 Å². The topological polar surface area (TPSA) is 85.5 Å². The average Bonchev–Trinajstić information content (AvgIpc) is 3.30. The maximum absolute atomic E-state index is 13.0. The minimum atomic E-state index is -4.99. The van der Waals surface area contributed by atoms with E-state index in [-0.39, 0.29) is 17.3 Å². The van der Waals surface area contributed by atoms with Crippen LogP contribution < -0.4 is 19.5 Å². The fourth-order valence-corrected chi connectivity index (χ4v) is 3.21. The van der Waals surface area contributed by atoms with Crippen LogP contribution in [0.15, 0.2) is 36.4 Å². The highest BCUT2D eigenvalue weighted by Crippen LogP contribution is 2.41. The number of amides is 1. The zero-order valence-electron chi connectivity index (χ0n) is 18.5. The molecule has 0 spiro atoms. The first-order chi connectivity index (χ1) is 16.4. The molecule has 35 heavy (non-hydrogen) atoms. The van der Waals surface area contributed by atoms with Crippen LogP contribution in [0.5, 0.6) is 17.2 Å². The lowest BCUT2D eigenvalue weighted by atomic mass is 10.0. The number of methoxy groups -OCH3 is 3. The van der Waals surface area contributed by atoms with E-state index in [0.29, 0.717) is 40.6 Å². The molecule has 0 radical (unpaired) electrons. The van der Waals surface area contributed by atoms with E-state index in [0.717, 1.165) is 0 Å². The molecule has 0 saturated carbocycles. The van der Waals surface area contributed by atoms with E-state index >= 15 is 0 Å². The molecule has 1 heterocycles. The van der Waals surface area contributed by atoms with Crippen molar-refractivity contribution in [3.8, 4) is 28.5 Å². The van der Waals surface area contributed by atoms with Gasteiger partial charge in [0, 0.05) is 12.1 Å². The standard InChI is InChI=1S/C22H19F6N3O4/c1-33-17-6-12(7-18(34-2)19(17)35-3)15-9-16(31-30-15)20(32)29-10-11-4-13(21(23,24)25)8-14(5-11)22(26,27)28/h4-9H,10H2,1-3H3,(H,29,32)(H,30,31). The molecule has 3 rings (SSSR count). The first-order valence-electron chi connectivity index (χ1n) is 9.79. The lowest BCUT2D eigenvalue weighted by Crippen LogP contribution is -2.24. The summed E-state index contributed by atoms with van der Waals surface area (Å²) in [5, 5.41) is 8.79. The molecule has 0 unspecified atom stereocenters. The zero-order chi connectivity index (χ0) is 26.0. The van der Waals surface area contributed by atoms with Gasteiger partial charge in [0.2, 0.25) is 5.75 Å². The number of carbonyl (C=O) groups excluding carboxylic acids is 1. The summed E-state index contributed by atoms with van der Waals surface area (Å²) in [5.41, 5.74) is -2.59. The second kappa shape index (κ2) is 9.76. The number of nitrogens with one attached hydrogen (secondary N) is 2. The first-order valence-corrected chi connectivity index (χ1v) is 9.79. The number of halogens is 6. The summed E-state index contributed by atoms with van der Waals surface area (Å²) in [6.07, 6.45) is -9.97. The van der Waals surface area contributed by atoms with Crippen LogP contribution in [0.2, 0.25) is 0 Å². The van der Waals surface area contributed by atoms with Crippen LogP contribution in [0.1, 0.15) is 27.2 Å². The van der Waals surface area contributed by atoms with Crippen LogP contribution in [-0.4, -0.2) is 37.4 Å². The van der Waals surface area contributed by atoms with E-state index in [4.69, 9.17) is 14.2 Å². The van der Waals surface area contributed by atoms with E-state index in [1.807, 2.05) is 0 Å². The highest BCUT2D eigenvalue weighted by molar-refractivity contribution is 5.93. The maximum atomic E-state index is 13.0. The number of alkyl halides is 6. The number of aromatic nitrogens is 2. The number of aromatic amines is 1. The van der Waals surface area contributed by atoms with Crippen LogP contribution >= 0.6 is 0 Å². The second-order valence-electron chi connectivity index (χ2n) is 7.18. The first kappa shape index (κ1) is 25.7. The number of nitrogens with zero attached hydrogens (tertiary/aromatic N) is 1. The van der Waals surface area contributed by atoms with Gasteiger partial charge in [-0.2, -0.15) is 31.4 Å². The Labute approximate surface area is 195 Å². The number of hydrogen-bond donors (Lipinski definition) is 2. The highest BCUT2D eigenvalue weighted by atomic mass is 19.4. The summed E-state index contributed by atoms with van der Waals surface area (Å²) >= 11 is 0. The average molecular weight is 503 g/mol. The Balaban J connectivity index is 1.82. The van der Waals surface area contributed by atoms with Gasteiger partial charge >= 0.3 is 12.4 Å².